The zero-order chi connectivity index (χ0) is 29.8. The summed E-state index contributed by atoms with van der Waals surface area (Å²) >= 11 is 0. The molecule has 0 bridgehead atoms. The van der Waals surface area contributed by atoms with Crippen LogP contribution >= 0.6 is 0 Å². The highest BCUT2D eigenvalue weighted by Gasteiger charge is 2.45. The summed E-state index contributed by atoms with van der Waals surface area (Å²) < 4.78 is 1.97. The molecule has 0 amide bonds. The lowest BCUT2D eigenvalue weighted by molar-refractivity contribution is -0.0132. The van der Waals surface area contributed by atoms with E-state index in [2.05, 4.69) is 72.7 Å². The van der Waals surface area contributed by atoms with Crippen molar-refractivity contribution in [2.75, 3.05) is 18.8 Å². The number of nitrogens with two attached hydrogens (primary N) is 1. The van der Waals surface area contributed by atoms with Gasteiger partial charge in [-0.1, -0.05) is 40.7 Å². The number of nitrogens with one attached hydrogen (secondary N) is 1. The monoisotopic (exact) mass is 573 g/mol. The molecule has 6 rings (SSSR count). The molecule has 1 unspecified atom stereocenters. The number of aromatic amines is 1. The quantitative estimate of drug-likeness (QED) is 0.226. The maximum atomic E-state index is 11.1. The Bertz CT molecular complexity index is 1530. The van der Waals surface area contributed by atoms with Crippen molar-refractivity contribution in [2.45, 2.75) is 96.4 Å². The fraction of sp³-hybridized carbons (Fsp3) is 0.606. The molecule has 0 saturated heterocycles. The first-order valence-corrected chi connectivity index (χ1v) is 15.6. The third-order valence-electron chi connectivity index (χ3n) is 9.65. The van der Waals surface area contributed by atoms with E-state index in [1.54, 1.807) is 0 Å². The van der Waals surface area contributed by atoms with Crippen LogP contribution in [0.3, 0.4) is 0 Å². The second-order valence-corrected chi connectivity index (χ2v) is 14.3. The molecule has 42 heavy (non-hydrogen) atoms. The number of hydrogen-bond acceptors (Lipinski definition) is 7. The van der Waals surface area contributed by atoms with Gasteiger partial charge in [-0.05, 0) is 66.7 Å². The van der Waals surface area contributed by atoms with E-state index in [1.165, 1.54) is 24.7 Å². The van der Waals surface area contributed by atoms with Crippen molar-refractivity contribution in [2.24, 2.45) is 17.8 Å². The molecule has 0 aliphatic heterocycles. The molecule has 5 N–H and O–H groups in total. The van der Waals surface area contributed by atoms with E-state index in [4.69, 9.17) is 10.7 Å². The molecule has 1 aromatic carbocycles. The number of anilines is 1. The van der Waals surface area contributed by atoms with Gasteiger partial charge in [0.2, 0.25) is 0 Å². The number of nitrogen functional groups attached to an aromatic ring is 1. The summed E-state index contributed by atoms with van der Waals surface area (Å²) in [5.41, 5.74) is 10.4. The van der Waals surface area contributed by atoms with Crippen molar-refractivity contribution >= 4 is 27.9 Å². The first-order chi connectivity index (χ1) is 20.0. The number of aliphatic hydroxyl groups is 2. The number of aromatic nitrogens is 5. The normalized spacial score (nSPS) is 26.6. The SMILES string of the molecule is CC(C)CN(C[C@H]1C[C@@H](n2ccc3c(N)ncnc32)C(O)[C@@H]1O)[C@H]1C[C@H](CCc2nc3cc(C(C)(C)C)ccc3[nH]2)C1. The van der Waals surface area contributed by atoms with Gasteiger partial charge in [0.1, 0.15) is 29.7 Å². The number of aliphatic hydroxyl groups excluding tert-OH is 2. The zero-order valence-electron chi connectivity index (χ0n) is 25.7. The number of imidazole rings is 1. The van der Waals surface area contributed by atoms with Gasteiger partial charge in [0.25, 0.3) is 0 Å². The summed E-state index contributed by atoms with van der Waals surface area (Å²) in [5, 5.41) is 23.0. The average Bonchev–Trinajstić information content (AvgIpc) is 3.59. The van der Waals surface area contributed by atoms with Crippen LogP contribution in [0.1, 0.15) is 77.7 Å². The fourth-order valence-corrected chi connectivity index (χ4v) is 7.18. The Morgan fingerprint density at radius 3 is 2.62 bits per heavy atom. The molecule has 2 fully saturated rings. The molecule has 3 heterocycles. The highest BCUT2D eigenvalue weighted by molar-refractivity contribution is 5.86. The van der Waals surface area contributed by atoms with Gasteiger partial charge in [0, 0.05) is 37.7 Å². The molecule has 9 nitrogen and oxygen atoms in total. The Hall–Kier alpha value is -3.01. The minimum Gasteiger partial charge on any atom is -0.390 e. The van der Waals surface area contributed by atoms with Gasteiger partial charge in [-0.3, -0.25) is 4.90 Å². The molecular weight excluding hydrogens is 526 g/mol. The van der Waals surface area contributed by atoms with Crippen molar-refractivity contribution in [3.8, 4) is 0 Å². The lowest BCUT2D eigenvalue weighted by Crippen LogP contribution is -2.49. The van der Waals surface area contributed by atoms with Crippen molar-refractivity contribution < 1.29 is 10.2 Å². The second kappa shape index (κ2) is 11.2. The van der Waals surface area contributed by atoms with Crippen LogP contribution in [0, 0.1) is 17.8 Å². The van der Waals surface area contributed by atoms with Gasteiger partial charge in [0.05, 0.1) is 28.6 Å². The van der Waals surface area contributed by atoms with Gasteiger partial charge in [-0.15, -0.1) is 0 Å². The largest absolute Gasteiger partial charge is 0.390 e. The number of aryl methyl sites for hydroxylation is 1. The predicted octanol–water partition coefficient (Wildman–Crippen LogP) is 4.84. The summed E-state index contributed by atoms with van der Waals surface area (Å²) in [6.07, 6.45) is 6.90. The average molecular weight is 574 g/mol. The predicted molar refractivity (Wildman–Crippen MR) is 167 cm³/mol. The van der Waals surface area contributed by atoms with Crippen LogP contribution in [0.2, 0.25) is 0 Å². The maximum absolute atomic E-state index is 11.1. The molecule has 4 aromatic rings. The van der Waals surface area contributed by atoms with Crippen LogP contribution < -0.4 is 5.73 Å². The number of rotatable bonds is 9. The standard InChI is InChI=1S/C33H47N7O2/c1-19(2)16-39(17-21-14-27(30(42)29(21)41)40-11-10-24-31(34)35-18-36-32(24)40)23-12-20(13-23)6-9-28-37-25-8-7-22(33(3,4)5)15-26(25)38-28/h7-8,10-11,15,18-21,23,27,29-30,41-42H,6,9,12-14,16-17H2,1-5H3,(H,37,38)(H2,34,35,36)/t20-,21-,23-,27-,29-,30?/m1/s1. The summed E-state index contributed by atoms with van der Waals surface area (Å²) in [4.78, 5) is 19.5. The van der Waals surface area contributed by atoms with Crippen LogP contribution in [0.15, 0.2) is 36.8 Å². The van der Waals surface area contributed by atoms with Crippen molar-refractivity contribution in [3.05, 3.63) is 48.2 Å². The highest BCUT2D eigenvalue weighted by atomic mass is 16.3. The number of nitrogens with zero attached hydrogens (tertiary/aromatic N) is 5. The minimum absolute atomic E-state index is 0.00651. The van der Waals surface area contributed by atoms with Crippen molar-refractivity contribution in [3.63, 3.8) is 0 Å². The molecule has 3 aromatic heterocycles. The summed E-state index contributed by atoms with van der Waals surface area (Å²) in [6, 6.07) is 8.76. The van der Waals surface area contributed by atoms with Crippen LogP contribution in [0.25, 0.3) is 22.1 Å². The van der Waals surface area contributed by atoms with E-state index in [-0.39, 0.29) is 17.4 Å². The van der Waals surface area contributed by atoms with Crippen molar-refractivity contribution in [1.82, 2.24) is 29.4 Å². The third-order valence-corrected chi connectivity index (χ3v) is 9.65. The topological polar surface area (TPSA) is 129 Å². The summed E-state index contributed by atoms with van der Waals surface area (Å²) in [7, 11) is 0. The number of H-pyrrole nitrogens is 1. The Labute approximate surface area is 248 Å². The summed E-state index contributed by atoms with van der Waals surface area (Å²) in [5.74, 6) is 2.72. The number of fused-ring (bicyclic) bond motifs is 2. The molecule has 0 spiro atoms. The van der Waals surface area contributed by atoms with E-state index in [0.717, 1.165) is 48.2 Å². The Kier molecular flexibility index (Phi) is 7.79. The molecule has 0 radical (unpaired) electrons. The minimum atomic E-state index is -0.847. The first-order valence-electron chi connectivity index (χ1n) is 15.6. The number of hydrogen-bond donors (Lipinski definition) is 4. The van der Waals surface area contributed by atoms with Gasteiger partial charge in [-0.25, -0.2) is 15.0 Å². The van der Waals surface area contributed by atoms with Gasteiger partial charge < -0.3 is 25.5 Å². The number of benzene rings is 1. The molecule has 2 aliphatic rings. The van der Waals surface area contributed by atoms with Crippen molar-refractivity contribution in [1.29, 1.82) is 0 Å². The van der Waals surface area contributed by atoms with E-state index < -0.39 is 12.2 Å². The summed E-state index contributed by atoms with van der Waals surface area (Å²) in [6.45, 7) is 13.0. The molecule has 9 heteroatoms. The van der Waals surface area contributed by atoms with E-state index in [9.17, 15) is 10.2 Å². The van der Waals surface area contributed by atoms with Crippen LogP contribution in [0.4, 0.5) is 5.82 Å². The molecule has 2 saturated carbocycles. The Morgan fingerprint density at radius 1 is 1.10 bits per heavy atom. The van der Waals surface area contributed by atoms with Gasteiger partial charge in [-0.2, -0.15) is 0 Å². The van der Waals surface area contributed by atoms with Crippen LogP contribution in [-0.2, 0) is 11.8 Å². The lowest BCUT2D eigenvalue weighted by Gasteiger charge is -2.45. The third kappa shape index (κ3) is 5.66. The maximum Gasteiger partial charge on any atom is 0.145 e. The Morgan fingerprint density at radius 2 is 1.88 bits per heavy atom. The van der Waals surface area contributed by atoms with E-state index >= 15 is 0 Å². The molecule has 2 aliphatic carbocycles. The lowest BCUT2D eigenvalue weighted by atomic mass is 9.76. The molecular formula is C33H47N7O2. The molecule has 226 valence electrons. The fourth-order valence-electron chi connectivity index (χ4n) is 7.18. The first kappa shape index (κ1) is 29.1. The van der Waals surface area contributed by atoms with Crippen LogP contribution in [0.5, 0.6) is 0 Å². The highest BCUT2D eigenvalue weighted by Crippen LogP contribution is 2.41. The van der Waals surface area contributed by atoms with Gasteiger partial charge >= 0.3 is 0 Å². The molecule has 4 atom stereocenters. The smallest absolute Gasteiger partial charge is 0.145 e. The van der Waals surface area contributed by atoms with Crippen LogP contribution in [-0.4, -0.2) is 71.0 Å². The Balaban J connectivity index is 1.07. The zero-order valence-corrected chi connectivity index (χ0v) is 25.7. The second-order valence-electron chi connectivity index (χ2n) is 14.3. The van der Waals surface area contributed by atoms with Gasteiger partial charge in [0.15, 0.2) is 0 Å². The van der Waals surface area contributed by atoms with E-state index in [0.29, 0.717) is 35.8 Å². The van der Waals surface area contributed by atoms with E-state index in [1.807, 2.05) is 16.8 Å².